The van der Waals surface area contributed by atoms with Gasteiger partial charge in [0.25, 0.3) is 0 Å². The van der Waals surface area contributed by atoms with Crippen molar-refractivity contribution in [2.45, 2.75) is 31.2 Å². The molecule has 3 rings (SSSR count). The van der Waals surface area contributed by atoms with E-state index in [9.17, 15) is 10.2 Å². The zero-order valence-electron chi connectivity index (χ0n) is 13.3. The van der Waals surface area contributed by atoms with Crippen LogP contribution in [0.5, 0.6) is 5.75 Å². The van der Waals surface area contributed by atoms with Crippen molar-refractivity contribution in [3.05, 3.63) is 65.7 Å². The minimum atomic E-state index is -0.721. The van der Waals surface area contributed by atoms with E-state index in [2.05, 4.69) is 17.0 Å². The lowest BCUT2D eigenvalue weighted by molar-refractivity contribution is 0.0374. The summed E-state index contributed by atoms with van der Waals surface area (Å²) < 4.78 is 5.18. The quantitative estimate of drug-likeness (QED) is 0.884. The van der Waals surface area contributed by atoms with Crippen LogP contribution < -0.4 is 4.74 Å². The lowest BCUT2D eigenvalue weighted by Crippen LogP contribution is -2.37. The first-order valence-electron chi connectivity index (χ1n) is 7.94. The monoisotopic (exact) mass is 313 g/mol. The van der Waals surface area contributed by atoms with Gasteiger partial charge >= 0.3 is 0 Å². The third-order valence-corrected chi connectivity index (χ3v) is 4.51. The molecule has 1 aliphatic heterocycles. The first-order chi connectivity index (χ1) is 11.2. The summed E-state index contributed by atoms with van der Waals surface area (Å²) in [5.74, 6) is 0.821. The topological polar surface area (TPSA) is 52.9 Å². The van der Waals surface area contributed by atoms with Crippen LogP contribution in [0.15, 0.2) is 54.6 Å². The van der Waals surface area contributed by atoms with Crippen LogP contribution in [-0.4, -0.2) is 47.0 Å². The molecule has 3 atom stereocenters. The smallest absolute Gasteiger partial charge is 0.118 e. The van der Waals surface area contributed by atoms with E-state index in [0.29, 0.717) is 13.0 Å². The first kappa shape index (κ1) is 16.0. The molecule has 2 aromatic carbocycles. The van der Waals surface area contributed by atoms with Crippen LogP contribution >= 0.6 is 0 Å². The van der Waals surface area contributed by atoms with Crippen molar-refractivity contribution in [3.63, 3.8) is 0 Å². The Morgan fingerprint density at radius 3 is 2.35 bits per heavy atom. The molecule has 1 fully saturated rings. The minimum absolute atomic E-state index is 0.0846. The maximum absolute atomic E-state index is 10.4. The maximum atomic E-state index is 10.4. The molecule has 23 heavy (non-hydrogen) atoms. The van der Waals surface area contributed by atoms with Crippen LogP contribution in [0.25, 0.3) is 0 Å². The Kier molecular flexibility index (Phi) is 4.96. The van der Waals surface area contributed by atoms with Gasteiger partial charge in [-0.3, -0.25) is 4.90 Å². The molecule has 0 saturated carbocycles. The molecule has 4 heteroatoms. The normalized spacial score (nSPS) is 24.7. The number of nitrogens with zero attached hydrogens (tertiary/aromatic N) is 1. The Morgan fingerprint density at radius 2 is 1.70 bits per heavy atom. The van der Waals surface area contributed by atoms with Gasteiger partial charge in [0.15, 0.2) is 0 Å². The van der Waals surface area contributed by atoms with Crippen molar-refractivity contribution in [3.8, 4) is 5.75 Å². The maximum Gasteiger partial charge on any atom is 0.118 e. The van der Waals surface area contributed by atoms with Crippen LogP contribution in [0.1, 0.15) is 11.1 Å². The van der Waals surface area contributed by atoms with Crippen molar-refractivity contribution in [2.75, 3.05) is 13.7 Å². The largest absolute Gasteiger partial charge is 0.497 e. The Bertz CT molecular complexity index is 614. The highest BCUT2D eigenvalue weighted by atomic mass is 16.5. The van der Waals surface area contributed by atoms with E-state index in [0.717, 1.165) is 17.9 Å². The lowest BCUT2D eigenvalue weighted by atomic mass is 10.0. The van der Waals surface area contributed by atoms with Gasteiger partial charge in [-0.15, -0.1) is 0 Å². The predicted molar refractivity (Wildman–Crippen MR) is 89.4 cm³/mol. The Balaban J connectivity index is 1.73. The average molecular weight is 313 g/mol. The van der Waals surface area contributed by atoms with E-state index in [4.69, 9.17) is 4.74 Å². The molecular weight excluding hydrogens is 290 g/mol. The van der Waals surface area contributed by atoms with Gasteiger partial charge in [-0.25, -0.2) is 0 Å². The van der Waals surface area contributed by atoms with Gasteiger partial charge in [0, 0.05) is 19.1 Å². The number of β-amino-alcohol motifs (C(OH)–C–C–N with tert-alkyl or cyclic N) is 1. The van der Waals surface area contributed by atoms with Gasteiger partial charge in [-0.1, -0.05) is 42.5 Å². The standard InChI is InChI=1S/C19H23NO3/c1-23-16-9-7-14(8-10-16)11-17-19(22)18(21)13-20(17)12-15-5-3-2-4-6-15/h2-10,17-19,21-22H,11-13H2,1H3/t17-,18+,19+/m0/s1. The third kappa shape index (κ3) is 3.72. The number of hydrogen-bond donors (Lipinski definition) is 2. The molecule has 0 aromatic heterocycles. The summed E-state index contributed by atoms with van der Waals surface area (Å²) in [7, 11) is 1.65. The Hall–Kier alpha value is -1.88. The molecule has 122 valence electrons. The van der Waals surface area contributed by atoms with Gasteiger partial charge in [-0.2, -0.15) is 0 Å². The minimum Gasteiger partial charge on any atom is -0.497 e. The summed E-state index contributed by atoms with van der Waals surface area (Å²) in [5.41, 5.74) is 2.32. The van der Waals surface area contributed by atoms with E-state index in [1.165, 1.54) is 5.56 Å². The fraction of sp³-hybridized carbons (Fsp3) is 0.368. The number of rotatable bonds is 5. The number of methoxy groups -OCH3 is 1. The van der Waals surface area contributed by atoms with Gasteiger partial charge in [0.2, 0.25) is 0 Å². The van der Waals surface area contributed by atoms with E-state index in [-0.39, 0.29) is 6.04 Å². The van der Waals surface area contributed by atoms with Gasteiger partial charge in [-0.05, 0) is 29.7 Å². The number of hydrogen-bond acceptors (Lipinski definition) is 4. The van der Waals surface area contributed by atoms with Crippen molar-refractivity contribution < 1.29 is 14.9 Å². The fourth-order valence-electron chi connectivity index (χ4n) is 3.21. The van der Waals surface area contributed by atoms with Gasteiger partial charge in [0.05, 0.1) is 19.3 Å². The molecule has 2 N–H and O–H groups in total. The van der Waals surface area contributed by atoms with Crippen molar-refractivity contribution in [1.82, 2.24) is 4.90 Å². The summed E-state index contributed by atoms with van der Waals surface area (Å²) in [6, 6.07) is 17.9. The van der Waals surface area contributed by atoms with Gasteiger partial charge in [0.1, 0.15) is 5.75 Å². The predicted octanol–water partition coefficient (Wildman–Crippen LogP) is 1.84. The number of ether oxygens (including phenoxy) is 1. The third-order valence-electron chi connectivity index (χ3n) is 4.51. The Labute approximate surface area is 136 Å². The second-order valence-electron chi connectivity index (χ2n) is 6.09. The summed E-state index contributed by atoms with van der Waals surface area (Å²) >= 11 is 0. The summed E-state index contributed by atoms with van der Waals surface area (Å²) in [6.45, 7) is 1.23. The summed E-state index contributed by atoms with van der Waals surface area (Å²) in [6.07, 6.45) is -0.711. The summed E-state index contributed by atoms with van der Waals surface area (Å²) in [5, 5.41) is 20.4. The molecule has 1 saturated heterocycles. The van der Waals surface area contributed by atoms with Crippen molar-refractivity contribution in [1.29, 1.82) is 0 Å². The highest BCUT2D eigenvalue weighted by Crippen LogP contribution is 2.25. The molecule has 0 bridgehead atoms. The lowest BCUT2D eigenvalue weighted by Gasteiger charge is -2.26. The van der Waals surface area contributed by atoms with Crippen molar-refractivity contribution >= 4 is 0 Å². The van der Waals surface area contributed by atoms with Crippen LogP contribution in [-0.2, 0) is 13.0 Å². The molecular formula is C19H23NO3. The van der Waals surface area contributed by atoms with Crippen LogP contribution in [0.3, 0.4) is 0 Å². The average Bonchev–Trinajstić information content (AvgIpc) is 2.84. The Morgan fingerprint density at radius 1 is 1.00 bits per heavy atom. The van der Waals surface area contributed by atoms with E-state index >= 15 is 0 Å². The van der Waals surface area contributed by atoms with E-state index in [1.54, 1.807) is 7.11 Å². The van der Waals surface area contributed by atoms with E-state index in [1.807, 2.05) is 42.5 Å². The summed E-state index contributed by atoms with van der Waals surface area (Å²) in [4.78, 5) is 2.16. The van der Waals surface area contributed by atoms with Crippen LogP contribution in [0.4, 0.5) is 0 Å². The fourth-order valence-corrected chi connectivity index (χ4v) is 3.21. The molecule has 4 nitrogen and oxygen atoms in total. The number of aliphatic hydroxyl groups excluding tert-OH is 2. The number of likely N-dealkylation sites (tertiary alicyclic amines) is 1. The zero-order valence-corrected chi connectivity index (χ0v) is 13.3. The molecule has 0 radical (unpaired) electrons. The highest BCUT2D eigenvalue weighted by molar-refractivity contribution is 5.28. The zero-order chi connectivity index (χ0) is 16.2. The molecule has 0 aliphatic carbocycles. The molecule has 1 aliphatic rings. The number of aliphatic hydroxyl groups is 2. The molecule has 0 amide bonds. The number of benzene rings is 2. The van der Waals surface area contributed by atoms with Crippen LogP contribution in [0.2, 0.25) is 0 Å². The molecule has 0 spiro atoms. The van der Waals surface area contributed by atoms with Crippen LogP contribution in [0, 0.1) is 0 Å². The highest BCUT2D eigenvalue weighted by Gasteiger charge is 2.39. The molecule has 2 aromatic rings. The first-order valence-corrected chi connectivity index (χ1v) is 7.94. The molecule has 1 heterocycles. The van der Waals surface area contributed by atoms with Gasteiger partial charge < -0.3 is 14.9 Å². The second kappa shape index (κ2) is 7.13. The SMILES string of the molecule is COc1ccc(C[C@H]2[C@@H](O)[C@H](O)CN2Cc2ccccc2)cc1. The molecule has 0 unspecified atom stereocenters. The van der Waals surface area contributed by atoms with Crippen molar-refractivity contribution in [2.24, 2.45) is 0 Å². The second-order valence-corrected chi connectivity index (χ2v) is 6.09. The van der Waals surface area contributed by atoms with E-state index < -0.39 is 12.2 Å².